The predicted molar refractivity (Wildman–Crippen MR) is 59.1 cm³/mol. The van der Waals surface area contributed by atoms with Crippen molar-refractivity contribution in [2.45, 2.75) is 38.3 Å². The zero-order valence-electron chi connectivity index (χ0n) is 9.13. The van der Waals surface area contributed by atoms with E-state index in [0.29, 0.717) is 18.0 Å². The standard InChI is InChI=1S/C11H23N3/c1-8-3-2-5-14-11(8)9-4-6-13-7-10(9)12/h8-11,13-14H,2-7,12H2,1H3. The van der Waals surface area contributed by atoms with Crippen LogP contribution >= 0.6 is 0 Å². The SMILES string of the molecule is CC1CCCNC1C1CCNCC1N. The summed E-state index contributed by atoms with van der Waals surface area (Å²) in [5.74, 6) is 1.49. The molecule has 4 unspecified atom stereocenters. The molecule has 2 rings (SSSR count). The maximum Gasteiger partial charge on any atom is 0.0209 e. The summed E-state index contributed by atoms with van der Waals surface area (Å²) in [6, 6.07) is 1.02. The van der Waals surface area contributed by atoms with Crippen LogP contribution in [0.25, 0.3) is 0 Å². The van der Waals surface area contributed by atoms with E-state index >= 15 is 0 Å². The van der Waals surface area contributed by atoms with Crippen molar-refractivity contribution >= 4 is 0 Å². The normalized spacial score (nSPS) is 45.0. The van der Waals surface area contributed by atoms with Gasteiger partial charge in [0.05, 0.1) is 0 Å². The van der Waals surface area contributed by atoms with E-state index in [1.165, 1.54) is 25.8 Å². The minimum absolute atomic E-state index is 0.349. The maximum absolute atomic E-state index is 6.17. The molecule has 0 aromatic rings. The highest BCUT2D eigenvalue weighted by molar-refractivity contribution is 4.92. The first-order valence-corrected chi connectivity index (χ1v) is 5.98. The van der Waals surface area contributed by atoms with Crippen molar-refractivity contribution in [1.82, 2.24) is 10.6 Å². The van der Waals surface area contributed by atoms with E-state index in [4.69, 9.17) is 5.73 Å². The fraction of sp³-hybridized carbons (Fsp3) is 1.00. The minimum atomic E-state index is 0.349. The topological polar surface area (TPSA) is 50.1 Å². The first-order chi connectivity index (χ1) is 6.79. The Balaban J connectivity index is 1.96. The Morgan fingerprint density at radius 2 is 2.07 bits per heavy atom. The molecule has 0 aliphatic carbocycles. The molecule has 2 aliphatic heterocycles. The predicted octanol–water partition coefficient (Wildman–Crippen LogP) is 0.311. The number of nitrogens with two attached hydrogens (primary N) is 1. The Bertz CT molecular complexity index is 163. The number of piperidine rings is 2. The van der Waals surface area contributed by atoms with Gasteiger partial charge in [0, 0.05) is 18.6 Å². The molecule has 4 atom stereocenters. The van der Waals surface area contributed by atoms with Crippen LogP contribution in [0.4, 0.5) is 0 Å². The Kier molecular flexibility index (Phi) is 3.42. The smallest absolute Gasteiger partial charge is 0.0209 e. The molecule has 2 fully saturated rings. The van der Waals surface area contributed by atoms with Crippen LogP contribution in [-0.2, 0) is 0 Å². The minimum Gasteiger partial charge on any atom is -0.326 e. The lowest BCUT2D eigenvalue weighted by molar-refractivity contribution is 0.169. The zero-order valence-corrected chi connectivity index (χ0v) is 9.13. The van der Waals surface area contributed by atoms with Crippen LogP contribution < -0.4 is 16.4 Å². The molecule has 0 saturated carbocycles. The van der Waals surface area contributed by atoms with Crippen LogP contribution in [0.3, 0.4) is 0 Å². The van der Waals surface area contributed by atoms with E-state index in [2.05, 4.69) is 17.6 Å². The number of hydrogen-bond acceptors (Lipinski definition) is 3. The van der Waals surface area contributed by atoms with Crippen LogP contribution in [0.15, 0.2) is 0 Å². The number of hydrogen-bond donors (Lipinski definition) is 3. The third-order valence-electron chi connectivity index (χ3n) is 3.88. The van der Waals surface area contributed by atoms with Gasteiger partial charge in [0.2, 0.25) is 0 Å². The molecule has 3 nitrogen and oxygen atoms in total. The molecule has 0 spiro atoms. The van der Waals surface area contributed by atoms with Gasteiger partial charge < -0.3 is 16.4 Å². The highest BCUT2D eigenvalue weighted by Gasteiger charge is 2.33. The van der Waals surface area contributed by atoms with Gasteiger partial charge in [0.1, 0.15) is 0 Å². The Labute approximate surface area is 86.8 Å². The van der Waals surface area contributed by atoms with E-state index in [-0.39, 0.29) is 0 Å². The molecule has 0 amide bonds. The maximum atomic E-state index is 6.17. The van der Waals surface area contributed by atoms with Gasteiger partial charge in [-0.25, -0.2) is 0 Å². The summed E-state index contributed by atoms with van der Waals surface area (Å²) < 4.78 is 0. The molecular weight excluding hydrogens is 174 g/mol. The molecule has 2 heterocycles. The van der Waals surface area contributed by atoms with Crippen LogP contribution in [0, 0.1) is 11.8 Å². The van der Waals surface area contributed by atoms with Crippen molar-refractivity contribution in [2.75, 3.05) is 19.6 Å². The van der Waals surface area contributed by atoms with Gasteiger partial charge in [-0.3, -0.25) is 0 Å². The van der Waals surface area contributed by atoms with Crippen LogP contribution in [0.5, 0.6) is 0 Å². The van der Waals surface area contributed by atoms with Gasteiger partial charge in [-0.2, -0.15) is 0 Å². The van der Waals surface area contributed by atoms with Crippen molar-refractivity contribution < 1.29 is 0 Å². The lowest BCUT2D eigenvalue weighted by atomic mass is 9.77. The van der Waals surface area contributed by atoms with Crippen molar-refractivity contribution in [1.29, 1.82) is 0 Å². The first-order valence-electron chi connectivity index (χ1n) is 5.98. The van der Waals surface area contributed by atoms with Crippen molar-refractivity contribution in [3.63, 3.8) is 0 Å². The van der Waals surface area contributed by atoms with E-state index in [1.807, 2.05) is 0 Å². The molecule has 0 radical (unpaired) electrons. The van der Waals surface area contributed by atoms with Gasteiger partial charge >= 0.3 is 0 Å². The van der Waals surface area contributed by atoms with Gasteiger partial charge in [-0.1, -0.05) is 6.92 Å². The van der Waals surface area contributed by atoms with Gasteiger partial charge in [0.25, 0.3) is 0 Å². The molecule has 2 saturated heterocycles. The average Bonchev–Trinajstić information content (AvgIpc) is 2.20. The second-order valence-electron chi connectivity index (χ2n) is 4.92. The molecule has 3 heteroatoms. The van der Waals surface area contributed by atoms with Crippen molar-refractivity contribution in [2.24, 2.45) is 17.6 Å². The third-order valence-corrected chi connectivity index (χ3v) is 3.88. The van der Waals surface area contributed by atoms with Crippen LogP contribution in [0.2, 0.25) is 0 Å². The number of nitrogens with one attached hydrogen (secondary N) is 2. The summed E-state index contributed by atoms with van der Waals surface area (Å²) >= 11 is 0. The Hall–Kier alpha value is -0.120. The summed E-state index contributed by atoms with van der Waals surface area (Å²) in [7, 11) is 0. The van der Waals surface area contributed by atoms with Crippen LogP contribution in [-0.4, -0.2) is 31.7 Å². The Morgan fingerprint density at radius 1 is 1.21 bits per heavy atom. The van der Waals surface area contributed by atoms with Crippen LogP contribution in [0.1, 0.15) is 26.2 Å². The fourth-order valence-electron chi connectivity index (χ4n) is 3.00. The lowest BCUT2D eigenvalue weighted by Gasteiger charge is -2.41. The summed E-state index contributed by atoms with van der Waals surface area (Å²) in [5, 5.41) is 7.03. The highest BCUT2D eigenvalue weighted by atomic mass is 15.0. The van der Waals surface area contributed by atoms with Gasteiger partial charge in [-0.05, 0) is 44.2 Å². The van der Waals surface area contributed by atoms with E-state index < -0.39 is 0 Å². The quantitative estimate of drug-likeness (QED) is 0.567. The van der Waals surface area contributed by atoms with Crippen molar-refractivity contribution in [3.05, 3.63) is 0 Å². The van der Waals surface area contributed by atoms with Crippen molar-refractivity contribution in [3.8, 4) is 0 Å². The molecule has 14 heavy (non-hydrogen) atoms. The average molecular weight is 197 g/mol. The van der Waals surface area contributed by atoms with Gasteiger partial charge in [0.15, 0.2) is 0 Å². The Morgan fingerprint density at radius 3 is 2.79 bits per heavy atom. The summed E-state index contributed by atoms with van der Waals surface area (Å²) in [6.07, 6.45) is 3.94. The molecule has 0 aromatic carbocycles. The summed E-state index contributed by atoms with van der Waals surface area (Å²) in [6.45, 7) is 5.69. The van der Waals surface area contributed by atoms with Gasteiger partial charge in [-0.15, -0.1) is 0 Å². The van der Waals surface area contributed by atoms with E-state index in [9.17, 15) is 0 Å². The number of rotatable bonds is 1. The lowest BCUT2D eigenvalue weighted by Crippen LogP contribution is -2.57. The molecule has 82 valence electrons. The monoisotopic (exact) mass is 197 g/mol. The molecule has 2 aliphatic rings. The molecule has 4 N–H and O–H groups in total. The van der Waals surface area contributed by atoms with E-state index in [0.717, 1.165) is 19.0 Å². The molecular formula is C11H23N3. The third kappa shape index (κ3) is 2.10. The molecule has 0 aromatic heterocycles. The second-order valence-corrected chi connectivity index (χ2v) is 4.92. The molecule has 0 bridgehead atoms. The summed E-state index contributed by atoms with van der Waals surface area (Å²) in [4.78, 5) is 0. The fourth-order valence-corrected chi connectivity index (χ4v) is 3.00. The largest absolute Gasteiger partial charge is 0.326 e. The van der Waals surface area contributed by atoms with E-state index in [1.54, 1.807) is 0 Å². The first kappa shape index (κ1) is 10.4. The highest BCUT2D eigenvalue weighted by Crippen LogP contribution is 2.26. The second kappa shape index (κ2) is 4.60. The summed E-state index contributed by atoms with van der Waals surface area (Å²) in [5.41, 5.74) is 6.17. The zero-order chi connectivity index (χ0) is 9.97.